The van der Waals surface area contributed by atoms with Crippen molar-refractivity contribution in [2.45, 2.75) is 19.8 Å². The Kier molecular flexibility index (Phi) is 7.86. The normalized spacial score (nSPS) is 14.2. The maximum absolute atomic E-state index is 4.95. The number of aromatic nitrogens is 2. The van der Waals surface area contributed by atoms with Gasteiger partial charge in [0.25, 0.3) is 0 Å². The Morgan fingerprint density at radius 1 is 0.816 bits per heavy atom. The first-order valence-corrected chi connectivity index (χ1v) is 12.9. The third-order valence-corrected chi connectivity index (χ3v) is 6.43. The average Bonchev–Trinajstić information content (AvgIpc) is 3.34. The molecule has 0 fully saturated rings. The van der Waals surface area contributed by atoms with E-state index in [-0.39, 0.29) is 0 Å². The molecule has 1 aliphatic heterocycles. The highest BCUT2D eigenvalue weighted by Crippen LogP contribution is 2.40. The Hall–Kier alpha value is -4.76. The molecule has 0 amide bonds. The standard InChI is InChI=1S/C35H31N3/c1-3-5-7-12-18-30-26-33(37-35(36-30)28-15-10-8-11-16-28)27-21-23-31(24-22-27)38-32(19-9-6-4-2)25-29-17-13-14-20-34(29)38/h3-17,19-24,26H,2,18,25H2,1H3/b5-3-,9-6-,12-7-,32-19+. The summed E-state index contributed by atoms with van der Waals surface area (Å²) < 4.78 is 0. The number of anilines is 2. The molecule has 1 aromatic heterocycles. The second kappa shape index (κ2) is 12.0. The summed E-state index contributed by atoms with van der Waals surface area (Å²) in [5.74, 6) is 0.745. The molecule has 0 bridgehead atoms. The second-order valence-corrected chi connectivity index (χ2v) is 9.06. The van der Waals surface area contributed by atoms with Gasteiger partial charge in [0.05, 0.1) is 5.69 Å². The van der Waals surface area contributed by atoms with Gasteiger partial charge in [-0.25, -0.2) is 9.97 Å². The van der Waals surface area contributed by atoms with E-state index in [0.717, 1.165) is 46.9 Å². The molecule has 38 heavy (non-hydrogen) atoms. The Morgan fingerprint density at radius 2 is 1.61 bits per heavy atom. The van der Waals surface area contributed by atoms with Gasteiger partial charge >= 0.3 is 0 Å². The van der Waals surface area contributed by atoms with Crippen LogP contribution in [0, 0.1) is 0 Å². The van der Waals surface area contributed by atoms with Crippen LogP contribution in [0.1, 0.15) is 18.2 Å². The van der Waals surface area contributed by atoms with Crippen molar-refractivity contribution in [3.8, 4) is 22.6 Å². The summed E-state index contributed by atoms with van der Waals surface area (Å²) in [5, 5.41) is 0. The average molecular weight is 494 g/mol. The fourth-order valence-electron chi connectivity index (χ4n) is 4.62. The van der Waals surface area contributed by atoms with Gasteiger partial charge in [-0.3, -0.25) is 0 Å². The zero-order chi connectivity index (χ0) is 26.2. The SMILES string of the molecule is C=C/C=C\C=C1/Cc2ccccc2N1c1ccc(-c2cc(C/C=C\C=C/C)nc(-c3ccccc3)n2)cc1. The van der Waals surface area contributed by atoms with E-state index in [4.69, 9.17) is 9.97 Å². The van der Waals surface area contributed by atoms with Crippen molar-refractivity contribution in [2.24, 2.45) is 0 Å². The van der Waals surface area contributed by atoms with Gasteiger partial charge < -0.3 is 4.90 Å². The van der Waals surface area contributed by atoms with E-state index in [1.807, 2.05) is 49.4 Å². The third-order valence-electron chi connectivity index (χ3n) is 6.43. The predicted octanol–water partition coefficient (Wildman–Crippen LogP) is 8.81. The number of hydrogen-bond acceptors (Lipinski definition) is 3. The maximum Gasteiger partial charge on any atom is 0.160 e. The number of benzene rings is 3. The number of hydrogen-bond donors (Lipinski definition) is 0. The molecule has 0 unspecified atom stereocenters. The van der Waals surface area contributed by atoms with Crippen molar-refractivity contribution in [1.29, 1.82) is 0 Å². The minimum absolute atomic E-state index is 0.745. The number of allylic oxidation sites excluding steroid dienone is 9. The highest BCUT2D eigenvalue weighted by atomic mass is 15.2. The predicted molar refractivity (Wildman–Crippen MR) is 160 cm³/mol. The lowest BCUT2D eigenvalue weighted by Gasteiger charge is -2.22. The van der Waals surface area contributed by atoms with E-state index < -0.39 is 0 Å². The van der Waals surface area contributed by atoms with E-state index in [9.17, 15) is 0 Å². The van der Waals surface area contributed by atoms with Crippen LogP contribution in [-0.4, -0.2) is 9.97 Å². The zero-order valence-electron chi connectivity index (χ0n) is 21.7. The summed E-state index contributed by atoms with van der Waals surface area (Å²) in [7, 11) is 0. The molecular weight excluding hydrogens is 462 g/mol. The lowest BCUT2D eigenvalue weighted by molar-refractivity contribution is 1.06. The highest BCUT2D eigenvalue weighted by molar-refractivity contribution is 5.78. The van der Waals surface area contributed by atoms with Gasteiger partial charge in [0.15, 0.2) is 5.82 Å². The van der Waals surface area contributed by atoms with Gasteiger partial charge in [0.2, 0.25) is 0 Å². The Labute approximate surface area is 225 Å². The quantitative estimate of drug-likeness (QED) is 0.230. The van der Waals surface area contributed by atoms with Gasteiger partial charge in [-0.05, 0) is 42.8 Å². The first kappa shape index (κ1) is 24.9. The van der Waals surface area contributed by atoms with Crippen molar-refractivity contribution < 1.29 is 0 Å². The molecular formula is C35H31N3. The minimum Gasteiger partial charge on any atom is -0.314 e. The minimum atomic E-state index is 0.745. The van der Waals surface area contributed by atoms with Crippen molar-refractivity contribution in [3.63, 3.8) is 0 Å². The third kappa shape index (κ3) is 5.63. The van der Waals surface area contributed by atoms with E-state index in [2.05, 4.69) is 96.4 Å². The molecule has 5 rings (SSSR count). The molecule has 0 spiro atoms. The van der Waals surface area contributed by atoms with Crippen molar-refractivity contribution in [1.82, 2.24) is 9.97 Å². The van der Waals surface area contributed by atoms with Crippen LogP contribution in [0.5, 0.6) is 0 Å². The van der Waals surface area contributed by atoms with Gasteiger partial charge in [0, 0.05) is 46.7 Å². The van der Waals surface area contributed by atoms with Crippen LogP contribution in [0.2, 0.25) is 0 Å². The van der Waals surface area contributed by atoms with Gasteiger partial charge in [-0.2, -0.15) is 0 Å². The maximum atomic E-state index is 4.95. The summed E-state index contributed by atoms with van der Waals surface area (Å²) in [6.07, 6.45) is 17.9. The van der Waals surface area contributed by atoms with Crippen LogP contribution in [0.3, 0.4) is 0 Å². The Morgan fingerprint density at radius 3 is 2.39 bits per heavy atom. The molecule has 0 N–H and O–H groups in total. The molecule has 0 saturated carbocycles. The number of rotatable bonds is 8. The molecule has 1 aliphatic rings. The van der Waals surface area contributed by atoms with Crippen LogP contribution in [0.4, 0.5) is 11.4 Å². The van der Waals surface area contributed by atoms with Gasteiger partial charge in [-0.1, -0.05) is 110 Å². The van der Waals surface area contributed by atoms with E-state index in [1.54, 1.807) is 6.08 Å². The fourth-order valence-corrected chi connectivity index (χ4v) is 4.62. The molecule has 3 aromatic carbocycles. The molecule has 0 saturated heterocycles. The number of para-hydroxylation sites is 1. The lowest BCUT2D eigenvalue weighted by atomic mass is 10.1. The van der Waals surface area contributed by atoms with E-state index >= 15 is 0 Å². The molecule has 4 aromatic rings. The van der Waals surface area contributed by atoms with E-state index in [0.29, 0.717) is 0 Å². The molecule has 0 aliphatic carbocycles. The zero-order valence-corrected chi connectivity index (χ0v) is 21.7. The smallest absolute Gasteiger partial charge is 0.160 e. The molecule has 0 atom stereocenters. The summed E-state index contributed by atoms with van der Waals surface area (Å²) in [6, 6.07) is 29.5. The Balaban J connectivity index is 1.51. The van der Waals surface area contributed by atoms with Crippen LogP contribution >= 0.6 is 0 Å². The molecule has 186 valence electrons. The molecule has 3 heteroatoms. The largest absolute Gasteiger partial charge is 0.314 e. The lowest BCUT2D eigenvalue weighted by Crippen LogP contribution is -2.11. The van der Waals surface area contributed by atoms with Crippen molar-refractivity contribution in [2.75, 3.05) is 4.90 Å². The first-order valence-electron chi connectivity index (χ1n) is 12.9. The number of fused-ring (bicyclic) bond motifs is 1. The summed E-state index contributed by atoms with van der Waals surface area (Å²) in [4.78, 5) is 12.1. The monoisotopic (exact) mass is 493 g/mol. The van der Waals surface area contributed by atoms with Crippen molar-refractivity contribution in [3.05, 3.63) is 157 Å². The van der Waals surface area contributed by atoms with Crippen LogP contribution < -0.4 is 4.90 Å². The molecule has 2 heterocycles. The number of nitrogens with zero attached hydrogens (tertiary/aromatic N) is 3. The van der Waals surface area contributed by atoms with Crippen LogP contribution in [0.15, 0.2) is 146 Å². The second-order valence-electron chi connectivity index (χ2n) is 9.06. The first-order chi connectivity index (χ1) is 18.8. The summed E-state index contributed by atoms with van der Waals surface area (Å²) in [5.41, 5.74) is 8.91. The van der Waals surface area contributed by atoms with Crippen LogP contribution in [-0.2, 0) is 12.8 Å². The van der Waals surface area contributed by atoms with E-state index in [1.165, 1.54) is 16.9 Å². The van der Waals surface area contributed by atoms with Gasteiger partial charge in [-0.15, -0.1) is 0 Å². The molecule has 3 nitrogen and oxygen atoms in total. The summed E-state index contributed by atoms with van der Waals surface area (Å²) in [6.45, 7) is 5.81. The van der Waals surface area contributed by atoms with Crippen molar-refractivity contribution >= 4 is 11.4 Å². The Bertz CT molecular complexity index is 1520. The highest BCUT2D eigenvalue weighted by Gasteiger charge is 2.24. The summed E-state index contributed by atoms with van der Waals surface area (Å²) >= 11 is 0. The molecule has 0 radical (unpaired) electrons. The topological polar surface area (TPSA) is 29.0 Å². The van der Waals surface area contributed by atoms with Crippen LogP contribution in [0.25, 0.3) is 22.6 Å². The van der Waals surface area contributed by atoms with Gasteiger partial charge in [0.1, 0.15) is 0 Å². The fraction of sp³-hybridized carbons (Fsp3) is 0.0857.